The van der Waals surface area contributed by atoms with Crippen LogP contribution in [0.4, 0.5) is 5.69 Å². The van der Waals surface area contributed by atoms with Gasteiger partial charge in [-0.25, -0.2) is 0 Å². The van der Waals surface area contributed by atoms with E-state index in [0.29, 0.717) is 22.7 Å². The molecule has 3 amide bonds. The maximum Gasteiger partial charge on any atom is 0.261 e. The average Bonchev–Trinajstić information content (AvgIpc) is 2.94. The Morgan fingerprint density at radius 2 is 1.54 bits per heavy atom. The summed E-state index contributed by atoms with van der Waals surface area (Å²) in [5.41, 5.74) is 1.31. The number of benzene rings is 3. The molecular weight excluding hydrogens is 356 g/mol. The molecule has 3 aromatic carbocycles. The van der Waals surface area contributed by atoms with Crippen LogP contribution >= 0.6 is 0 Å². The Morgan fingerprint density at radius 3 is 2.32 bits per heavy atom. The van der Waals surface area contributed by atoms with Crippen molar-refractivity contribution in [2.45, 2.75) is 0 Å². The van der Waals surface area contributed by atoms with Gasteiger partial charge in [0, 0.05) is 12.6 Å². The molecule has 0 bridgehead atoms. The van der Waals surface area contributed by atoms with E-state index in [1.807, 2.05) is 36.4 Å². The number of rotatable bonds is 4. The van der Waals surface area contributed by atoms with Gasteiger partial charge in [-0.3, -0.25) is 19.3 Å². The van der Waals surface area contributed by atoms with Crippen molar-refractivity contribution in [1.29, 1.82) is 0 Å². The number of para-hydroxylation sites is 3. The van der Waals surface area contributed by atoms with Crippen LogP contribution in [0.1, 0.15) is 31.1 Å². The van der Waals surface area contributed by atoms with E-state index >= 15 is 0 Å². The van der Waals surface area contributed by atoms with Crippen LogP contribution in [0.5, 0.6) is 11.5 Å². The zero-order valence-electron chi connectivity index (χ0n) is 15.0. The summed E-state index contributed by atoms with van der Waals surface area (Å²) in [5.74, 6) is -0.0409. The molecule has 1 heterocycles. The molecule has 6 nitrogen and oxygen atoms in total. The summed E-state index contributed by atoms with van der Waals surface area (Å²) >= 11 is 0. The first kappa shape index (κ1) is 17.5. The minimum absolute atomic E-state index is 0.231. The van der Waals surface area contributed by atoms with Crippen molar-refractivity contribution < 1.29 is 19.1 Å². The molecule has 1 N–H and O–H groups in total. The maximum atomic E-state index is 12.7. The molecule has 0 saturated carbocycles. The number of carbonyl (C=O) groups excluding carboxylic acids is 3. The second-order valence-electron chi connectivity index (χ2n) is 6.30. The van der Waals surface area contributed by atoms with Crippen molar-refractivity contribution in [2.75, 3.05) is 12.4 Å². The quantitative estimate of drug-likeness (QED) is 0.704. The van der Waals surface area contributed by atoms with Crippen molar-refractivity contribution in [1.82, 2.24) is 4.90 Å². The number of fused-ring (bicyclic) bond motifs is 1. The van der Waals surface area contributed by atoms with Gasteiger partial charge in [0.15, 0.2) is 5.75 Å². The number of amides is 3. The topological polar surface area (TPSA) is 75.7 Å². The van der Waals surface area contributed by atoms with E-state index < -0.39 is 11.8 Å². The number of imide groups is 1. The maximum absolute atomic E-state index is 12.7. The van der Waals surface area contributed by atoms with Crippen LogP contribution in [0.2, 0.25) is 0 Å². The number of hydrogen-bond acceptors (Lipinski definition) is 4. The van der Waals surface area contributed by atoms with Gasteiger partial charge in [-0.2, -0.15) is 0 Å². The molecule has 0 radical (unpaired) electrons. The number of nitrogens with one attached hydrogen (secondary N) is 1. The molecule has 0 fully saturated rings. The molecule has 0 aromatic heterocycles. The summed E-state index contributed by atoms with van der Waals surface area (Å²) in [7, 11) is 1.42. The predicted molar refractivity (Wildman–Crippen MR) is 104 cm³/mol. The Bertz CT molecular complexity index is 1090. The van der Waals surface area contributed by atoms with Gasteiger partial charge in [0.1, 0.15) is 5.75 Å². The van der Waals surface area contributed by atoms with Gasteiger partial charge < -0.3 is 10.1 Å². The molecular formula is C22H16N2O4. The monoisotopic (exact) mass is 372 g/mol. The van der Waals surface area contributed by atoms with E-state index in [9.17, 15) is 14.4 Å². The predicted octanol–water partition coefficient (Wildman–Crippen LogP) is 3.96. The Kier molecular flexibility index (Phi) is 4.37. The van der Waals surface area contributed by atoms with Crippen molar-refractivity contribution in [3.05, 3.63) is 89.5 Å². The average molecular weight is 372 g/mol. The fraction of sp³-hybridized carbons (Fsp3) is 0.0455. The van der Waals surface area contributed by atoms with Crippen molar-refractivity contribution in [2.24, 2.45) is 0 Å². The Labute approximate surface area is 161 Å². The zero-order valence-corrected chi connectivity index (χ0v) is 15.0. The van der Waals surface area contributed by atoms with E-state index in [2.05, 4.69) is 5.32 Å². The van der Waals surface area contributed by atoms with E-state index in [0.717, 1.165) is 4.90 Å². The molecule has 138 valence electrons. The van der Waals surface area contributed by atoms with E-state index in [1.165, 1.54) is 25.2 Å². The van der Waals surface area contributed by atoms with Crippen LogP contribution in [0.3, 0.4) is 0 Å². The number of nitrogens with zero attached hydrogens (tertiary/aromatic N) is 1. The largest absolute Gasteiger partial charge is 0.455 e. The second kappa shape index (κ2) is 7.00. The summed E-state index contributed by atoms with van der Waals surface area (Å²) in [6.45, 7) is 0. The number of ether oxygens (including phenoxy) is 1. The van der Waals surface area contributed by atoms with E-state index in [-0.39, 0.29) is 17.0 Å². The van der Waals surface area contributed by atoms with E-state index in [4.69, 9.17) is 4.74 Å². The molecule has 28 heavy (non-hydrogen) atoms. The molecule has 0 spiro atoms. The minimum Gasteiger partial charge on any atom is -0.455 e. The zero-order chi connectivity index (χ0) is 19.7. The lowest BCUT2D eigenvalue weighted by Gasteiger charge is -2.12. The highest BCUT2D eigenvalue weighted by molar-refractivity contribution is 6.22. The van der Waals surface area contributed by atoms with Gasteiger partial charge >= 0.3 is 0 Å². The first-order valence-electron chi connectivity index (χ1n) is 8.64. The third-order valence-corrected chi connectivity index (χ3v) is 4.46. The first-order valence-corrected chi connectivity index (χ1v) is 8.64. The Morgan fingerprint density at radius 1 is 0.857 bits per heavy atom. The number of anilines is 1. The molecule has 0 unspecified atom stereocenters. The van der Waals surface area contributed by atoms with Gasteiger partial charge in [-0.15, -0.1) is 0 Å². The Hall–Kier alpha value is -3.93. The summed E-state index contributed by atoms with van der Waals surface area (Å²) in [6, 6.07) is 20.8. The van der Waals surface area contributed by atoms with E-state index in [1.54, 1.807) is 18.2 Å². The number of hydrogen-bond donors (Lipinski definition) is 1. The molecule has 0 saturated heterocycles. The third kappa shape index (κ3) is 3.12. The fourth-order valence-corrected chi connectivity index (χ4v) is 2.97. The SMILES string of the molecule is CN1C(=O)c2ccc(C(=O)Nc3ccccc3Oc3ccccc3)cc2C1=O. The number of carbonyl (C=O) groups is 3. The summed E-state index contributed by atoms with van der Waals surface area (Å²) < 4.78 is 5.85. The highest BCUT2D eigenvalue weighted by Gasteiger charge is 2.33. The third-order valence-electron chi connectivity index (χ3n) is 4.46. The van der Waals surface area contributed by atoms with Gasteiger partial charge in [0.05, 0.1) is 16.8 Å². The van der Waals surface area contributed by atoms with Crippen molar-refractivity contribution >= 4 is 23.4 Å². The lowest BCUT2D eigenvalue weighted by atomic mass is 10.1. The van der Waals surface area contributed by atoms with Crippen LogP contribution in [0, 0.1) is 0 Å². The second-order valence-corrected chi connectivity index (χ2v) is 6.30. The molecule has 6 heteroatoms. The Balaban J connectivity index is 1.59. The summed E-state index contributed by atoms with van der Waals surface area (Å²) in [6.07, 6.45) is 0. The van der Waals surface area contributed by atoms with Crippen LogP contribution < -0.4 is 10.1 Å². The van der Waals surface area contributed by atoms with Crippen LogP contribution in [-0.4, -0.2) is 29.7 Å². The summed E-state index contributed by atoms with van der Waals surface area (Å²) in [5, 5.41) is 2.80. The normalized spacial score (nSPS) is 12.7. The van der Waals surface area contributed by atoms with Crippen LogP contribution in [0.25, 0.3) is 0 Å². The molecule has 1 aliphatic rings. The lowest BCUT2D eigenvalue weighted by Crippen LogP contribution is -2.24. The molecule has 3 aromatic rings. The van der Waals surface area contributed by atoms with Gasteiger partial charge in [-0.05, 0) is 42.5 Å². The minimum atomic E-state index is -0.414. The molecule has 1 aliphatic heterocycles. The smallest absolute Gasteiger partial charge is 0.261 e. The van der Waals surface area contributed by atoms with Gasteiger partial charge in [-0.1, -0.05) is 30.3 Å². The van der Waals surface area contributed by atoms with Crippen molar-refractivity contribution in [3.63, 3.8) is 0 Å². The first-order chi connectivity index (χ1) is 13.5. The van der Waals surface area contributed by atoms with Gasteiger partial charge in [0.2, 0.25) is 0 Å². The van der Waals surface area contributed by atoms with Crippen molar-refractivity contribution in [3.8, 4) is 11.5 Å². The van der Waals surface area contributed by atoms with Crippen LogP contribution in [0.15, 0.2) is 72.8 Å². The van der Waals surface area contributed by atoms with Gasteiger partial charge in [0.25, 0.3) is 17.7 Å². The lowest BCUT2D eigenvalue weighted by molar-refractivity contribution is 0.0693. The molecule has 0 atom stereocenters. The fourth-order valence-electron chi connectivity index (χ4n) is 2.97. The summed E-state index contributed by atoms with van der Waals surface area (Å²) in [4.78, 5) is 37.9. The molecule has 4 rings (SSSR count). The van der Waals surface area contributed by atoms with Crippen LogP contribution in [-0.2, 0) is 0 Å². The molecule has 0 aliphatic carbocycles. The highest BCUT2D eigenvalue weighted by atomic mass is 16.5. The standard InChI is InChI=1S/C22H16N2O4/c1-24-21(26)16-12-11-14(13-17(16)22(24)27)20(25)23-18-9-5-6-10-19(18)28-15-7-3-2-4-8-15/h2-13H,1H3,(H,23,25). The highest BCUT2D eigenvalue weighted by Crippen LogP contribution is 2.30.